The summed E-state index contributed by atoms with van der Waals surface area (Å²) in [6, 6.07) is 11.7. The fourth-order valence-corrected chi connectivity index (χ4v) is 2.66. The molecule has 0 saturated carbocycles. The lowest BCUT2D eigenvalue weighted by Gasteiger charge is -2.03. The minimum Gasteiger partial charge on any atom is -0.394 e. The summed E-state index contributed by atoms with van der Waals surface area (Å²) in [6.45, 7) is 0.479. The molecule has 4 rings (SSSR count). The molecule has 0 aliphatic carbocycles. The molecule has 124 valence electrons. The number of aliphatic hydroxyl groups is 1. The van der Waals surface area contributed by atoms with E-state index in [1.54, 1.807) is 17.1 Å². The van der Waals surface area contributed by atoms with E-state index >= 15 is 0 Å². The molecule has 3 aromatic heterocycles. The minimum atomic E-state index is 0.0354. The number of aromatic nitrogens is 7. The Hall–Kier alpha value is -3.39. The molecule has 0 aliphatic heterocycles. The van der Waals surface area contributed by atoms with Crippen LogP contribution in [0.4, 0.5) is 0 Å². The standard InChI is InChI=1S/C17H15N7O/c25-10-9-24-11-15(16(21-24)13-5-7-18-8-6-13)12-1-3-14(4-2-12)17-19-22-23-20-17/h1-8,11,25H,9-10H2,(H,19,20,22,23). The number of pyridine rings is 1. The Morgan fingerprint density at radius 2 is 1.72 bits per heavy atom. The quantitative estimate of drug-likeness (QED) is 0.577. The number of rotatable bonds is 5. The number of aromatic amines is 1. The average Bonchev–Trinajstić information content (AvgIpc) is 3.33. The SMILES string of the molecule is OCCn1cc(-c2ccc(-c3nn[nH]n3)cc2)c(-c2ccncc2)n1. The van der Waals surface area contributed by atoms with E-state index in [4.69, 9.17) is 0 Å². The van der Waals surface area contributed by atoms with Gasteiger partial charge >= 0.3 is 0 Å². The number of hydrogen-bond acceptors (Lipinski definition) is 6. The van der Waals surface area contributed by atoms with Crippen molar-refractivity contribution >= 4 is 0 Å². The highest BCUT2D eigenvalue weighted by Gasteiger charge is 2.13. The van der Waals surface area contributed by atoms with Crippen LogP contribution in [0.25, 0.3) is 33.8 Å². The van der Waals surface area contributed by atoms with E-state index in [0.717, 1.165) is 27.9 Å². The molecule has 0 spiro atoms. The van der Waals surface area contributed by atoms with Crippen molar-refractivity contribution in [1.82, 2.24) is 35.4 Å². The first-order valence-corrected chi connectivity index (χ1v) is 7.78. The molecule has 0 bridgehead atoms. The Balaban J connectivity index is 1.76. The van der Waals surface area contributed by atoms with Crippen molar-refractivity contribution in [3.8, 4) is 33.8 Å². The monoisotopic (exact) mass is 333 g/mol. The summed E-state index contributed by atoms with van der Waals surface area (Å²) in [5, 5.41) is 27.8. The zero-order chi connectivity index (χ0) is 17.1. The Morgan fingerprint density at radius 1 is 0.960 bits per heavy atom. The van der Waals surface area contributed by atoms with Gasteiger partial charge in [-0.2, -0.15) is 10.3 Å². The first-order chi connectivity index (χ1) is 12.3. The van der Waals surface area contributed by atoms with Crippen LogP contribution in [0.1, 0.15) is 0 Å². The van der Waals surface area contributed by atoms with E-state index in [1.165, 1.54) is 0 Å². The zero-order valence-electron chi connectivity index (χ0n) is 13.2. The molecule has 2 N–H and O–H groups in total. The summed E-state index contributed by atoms with van der Waals surface area (Å²) in [7, 11) is 0. The van der Waals surface area contributed by atoms with Gasteiger partial charge in [-0.05, 0) is 22.9 Å². The highest BCUT2D eigenvalue weighted by atomic mass is 16.3. The van der Waals surface area contributed by atoms with Gasteiger partial charge in [0.2, 0.25) is 5.82 Å². The van der Waals surface area contributed by atoms with Crippen LogP contribution in [0, 0.1) is 0 Å². The molecule has 0 atom stereocenters. The Morgan fingerprint density at radius 3 is 2.40 bits per heavy atom. The van der Waals surface area contributed by atoms with Crippen LogP contribution in [-0.4, -0.2) is 47.1 Å². The molecular formula is C17H15N7O. The lowest BCUT2D eigenvalue weighted by molar-refractivity contribution is 0.269. The molecule has 4 aromatic rings. The third kappa shape index (κ3) is 3.02. The third-order valence-electron chi connectivity index (χ3n) is 3.84. The van der Waals surface area contributed by atoms with Gasteiger partial charge in [0, 0.05) is 35.3 Å². The van der Waals surface area contributed by atoms with Crippen molar-refractivity contribution in [2.45, 2.75) is 6.54 Å². The molecule has 8 heteroatoms. The van der Waals surface area contributed by atoms with Gasteiger partial charge in [-0.25, -0.2) is 0 Å². The van der Waals surface area contributed by atoms with E-state index in [9.17, 15) is 5.11 Å². The van der Waals surface area contributed by atoms with E-state index < -0.39 is 0 Å². The van der Waals surface area contributed by atoms with Crippen molar-refractivity contribution in [3.05, 3.63) is 55.0 Å². The van der Waals surface area contributed by atoms with Gasteiger partial charge in [0.25, 0.3) is 0 Å². The second kappa shape index (κ2) is 6.62. The van der Waals surface area contributed by atoms with Crippen molar-refractivity contribution in [2.75, 3.05) is 6.61 Å². The lowest BCUT2D eigenvalue weighted by Crippen LogP contribution is -2.02. The molecule has 0 radical (unpaired) electrons. The number of benzene rings is 1. The summed E-state index contributed by atoms with van der Waals surface area (Å²) < 4.78 is 1.75. The van der Waals surface area contributed by atoms with Crippen LogP contribution >= 0.6 is 0 Å². The maximum absolute atomic E-state index is 9.21. The normalized spacial score (nSPS) is 10.9. The van der Waals surface area contributed by atoms with Crippen molar-refractivity contribution < 1.29 is 5.11 Å². The molecule has 8 nitrogen and oxygen atoms in total. The van der Waals surface area contributed by atoms with Gasteiger partial charge in [0.1, 0.15) is 5.69 Å². The number of tetrazole rings is 1. The maximum Gasteiger partial charge on any atom is 0.204 e. The van der Waals surface area contributed by atoms with Crippen LogP contribution < -0.4 is 0 Å². The second-order valence-corrected chi connectivity index (χ2v) is 5.43. The number of aliphatic hydroxyl groups excluding tert-OH is 1. The fraction of sp³-hybridized carbons (Fsp3) is 0.118. The first kappa shape index (κ1) is 15.2. The minimum absolute atomic E-state index is 0.0354. The van der Waals surface area contributed by atoms with Crippen molar-refractivity contribution in [1.29, 1.82) is 0 Å². The summed E-state index contributed by atoms with van der Waals surface area (Å²) in [4.78, 5) is 4.06. The zero-order valence-corrected chi connectivity index (χ0v) is 13.2. The Bertz CT molecular complexity index is 947. The largest absolute Gasteiger partial charge is 0.394 e. The summed E-state index contributed by atoms with van der Waals surface area (Å²) >= 11 is 0. The lowest BCUT2D eigenvalue weighted by atomic mass is 10.0. The average molecular weight is 333 g/mol. The molecule has 0 aliphatic rings. The highest BCUT2D eigenvalue weighted by molar-refractivity contribution is 5.81. The molecule has 0 amide bonds. The molecule has 0 saturated heterocycles. The topological polar surface area (TPSA) is 105 Å². The van der Waals surface area contributed by atoms with Gasteiger partial charge in [0.15, 0.2) is 0 Å². The summed E-state index contributed by atoms with van der Waals surface area (Å²) in [5.74, 6) is 0.553. The fourth-order valence-electron chi connectivity index (χ4n) is 2.66. The Labute approximate surface area is 143 Å². The van der Waals surface area contributed by atoms with Crippen LogP contribution in [0.15, 0.2) is 55.0 Å². The number of nitrogens with zero attached hydrogens (tertiary/aromatic N) is 6. The second-order valence-electron chi connectivity index (χ2n) is 5.43. The van der Waals surface area contributed by atoms with Gasteiger partial charge < -0.3 is 5.11 Å². The predicted octanol–water partition coefficient (Wildman–Crippen LogP) is 1.78. The number of H-pyrrole nitrogens is 1. The van der Waals surface area contributed by atoms with Gasteiger partial charge in [-0.1, -0.05) is 24.3 Å². The van der Waals surface area contributed by atoms with E-state index in [1.807, 2.05) is 42.6 Å². The Kier molecular flexibility index (Phi) is 4.01. The van der Waals surface area contributed by atoms with Crippen molar-refractivity contribution in [2.24, 2.45) is 0 Å². The van der Waals surface area contributed by atoms with E-state index in [2.05, 4.69) is 30.7 Å². The van der Waals surface area contributed by atoms with Crippen LogP contribution in [0.3, 0.4) is 0 Å². The van der Waals surface area contributed by atoms with Gasteiger partial charge in [-0.15, -0.1) is 10.2 Å². The smallest absolute Gasteiger partial charge is 0.204 e. The molecule has 25 heavy (non-hydrogen) atoms. The summed E-state index contributed by atoms with van der Waals surface area (Å²) in [6.07, 6.45) is 5.42. The predicted molar refractivity (Wildman–Crippen MR) is 91.2 cm³/mol. The van der Waals surface area contributed by atoms with E-state index in [-0.39, 0.29) is 6.61 Å². The van der Waals surface area contributed by atoms with Crippen LogP contribution in [-0.2, 0) is 6.54 Å². The first-order valence-electron chi connectivity index (χ1n) is 7.78. The van der Waals surface area contributed by atoms with Gasteiger partial charge in [0.05, 0.1) is 13.2 Å². The maximum atomic E-state index is 9.21. The number of nitrogens with one attached hydrogen (secondary N) is 1. The molecule has 1 aromatic carbocycles. The molecule has 0 unspecified atom stereocenters. The number of hydrogen-bond donors (Lipinski definition) is 2. The van der Waals surface area contributed by atoms with E-state index in [0.29, 0.717) is 12.4 Å². The molecular weight excluding hydrogens is 318 g/mol. The van der Waals surface area contributed by atoms with Crippen molar-refractivity contribution in [3.63, 3.8) is 0 Å². The highest BCUT2D eigenvalue weighted by Crippen LogP contribution is 2.31. The molecule has 3 heterocycles. The third-order valence-corrected chi connectivity index (χ3v) is 3.84. The van der Waals surface area contributed by atoms with Gasteiger partial charge in [-0.3, -0.25) is 9.67 Å². The van der Waals surface area contributed by atoms with Crippen LogP contribution in [0.5, 0.6) is 0 Å². The van der Waals surface area contributed by atoms with Crippen LogP contribution in [0.2, 0.25) is 0 Å². The summed E-state index contributed by atoms with van der Waals surface area (Å²) in [5.41, 5.74) is 4.71. The molecule has 0 fully saturated rings.